The normalized spacial score (nSPS) is 11.9. The smallest absolute Gasteiger partial charge is 0.364 e. The molecule has 10 heteroatoms. The minimum atomic E-state index is -0.597. The average Bonchev–Trinajstić information content (AvgIpc) is 2.94. The second-order valence-electron chi connectivity index (χ2n) is 4.24. The molecule has 0 fully saturated rings. The first-order chi connectivity index (χ1) is 9.99. The topological polar surface area (TPSA) is 126 Å². The Morgan fingerprint density at radius 3 is 2.95 bits per heavy atom. The Labute approximate surface area is 118 Å². The summed E-state index contributed by atoms with van der Waals surface area (Å²) in [5.41, 5.74) is 0.267. The molecule has 0 aliphatic heterocycles. The number of ether oxygens (including phenoxy) is 1. The first kappa shape index (κ1) is 14.5. The number of carbonyl (C=O) groups excluding carboxylic acids is 1. The van der Waals surface area contributed by atoms with Crippen LogP contribution in [0.25, 0.3) is 11.5 Å². The van der Waals surface area contributed by atoms with E-state index in [1.807, 2.05) is 0 Å². The molecular formula is C11H12N6O4. The van der Waals surface area contributed by atoms with Crippen molar-refractivity contribution in [3.8, 4) is 11.5 Å². The fourth-order valence-electron chi connectivity index (χ4n) is 1.62. The maximum atomic E-state index is 10.8. The summed E-state index contributed by atoms with van der Waals surface area (Å²) in [5.74, 6) is -0.446. The molecule has 0 amide bonds. The molecule has 0 saturated heterocycles. The number of aromatic nitrogens is 5. The summed E-state index contributed by atoms with van der Waals surface area (Å²) in [6.07, 6.45) is 0. The predicted octanol–water partition coefficient (Wildman–Crippen LogP) is 0.767. The van der Waals surface area contributed by atoms with Crippen molar-refractivity contribution in [1.29, 1.82) is 0 Å². The van der Waals surface area contributed by atoms with Gasteiger partial charge in [0.25, 0.3) is 0 Å². The van der Waals surface area contributed by atoms with E-state index in [0.29, 0.717) is 0 Å². The molecular weight excluding hydrogens is 280 g/mol. The Bertz CT molecular complexity index is 670. The molecule has 0 aromatic carbocycles. The third kappa shape index (κ3) is 3.35. The summed E-state index contributed by atoms with van der Waals surface area (Å²) in [5, 5.41) is 21.9. The summed E-state index contributed by atoms with van der Waals surface area (Å²) < 4.78 is 6.29. The van der Waals surface area contributed by atoms with Crippen molar-refractivity contribution in [2.24, 2.45) is 0 Å². The number of nitrogens with zero attached hydrogens (tertiary/aromatic N) is 6. The molecule has 2 heterocycles. The maximum Gasteiger partial charge on any atom is 0.364 e. The maximum absolute atomic E-state index is 10.8. The van der Waals surface area contributed by atoms with Crippen LogP contribution in [0.4, 0.5) is 5.82 Å². The van der Waals surface area contributed by atoms with Crippen LogP contribution < -0.4 is 0 Å². The molecule has 0 saturated carbocycles. The van der Waals surface area contributed by atoms with Gasteiger partial charge in [-0.3, -0.25) is 4.79 Å². The summed E-state index contributed by atoms with van der Waals surface area (Å²) in [6.45, 7) is 3.14. The SMILES string of the molecule is CC(=O)OCC(C)n1nnnc1-c1cccc([N+](=O)[O-])n1. The van der Waals surface area contributed by atoms with Crippen LogP contribution in [-0.4, -0.2) is 42.7 Å². The van der Waals surface area contributed by atoms with E-state index in [4.69, 9.17) is 4.74 Å². The van der Waals surface area contributed by atoms with Crippen LogP contribution in [0.5, 0.6) is 0 Å². The van der Waals surface area contributed by atoms with Gasteiger partial charge in [-0.1, -0.05) is 0 Å². The van der Waals surface area contributed by atoms with E-state index < -0.39 is 10.9 Å². The number of rotatable bonds is 5. The van der Waals surface area contributed by atoms with Gasteiger partial charge in [0, 0.05) is 13.0 Å². The van der Waals surface area contributed by atoms with E-state index in [1.165, 1.54) is 23.7 Å². The van der Waals surface area contributed by atoms with E-state index in [2.05, 4.69) is 20.5 Å². The zero-order valence-corrected chi connectivity index (χ0v) is 11.3. The highest BCUT2D eigenvalue weighted by Crippen LogP contribution is 2.19. The van der Waals surface area contributed by atoms with Gasteiger partial charge in [-0.05, 0) is 39.4 Å². The number of carbonyl (C=O) groups is 1. The minimum Gasteiger partial charge on any atom is -0.464 e. The van der Waals surface area contributed by atoms with Crippen LogP contribution in [0, 0.1) is 10.1 Å². The van der Waals surface area contributed by atoms with Crippen molar-refractivity contribution in [1.82, 2.24) is 25.2 Å². The van der Waals surface area contributed by atoms with Gasteiger partial charge in [-0.2, -0.15) is 0 Å². The Morgan fingerprint density at radius 1 is 1.52 bits per heavy atom. The van der Waals surface area contributed by atoms with E-state index in [9.17, 15) is 14.9 Å². The quantitative estimate of drug-likeness (QED) is 0.449. The summed E-state index contributed by atoms with van der Waals surface area (Å²) in [7, 11) is 0. The number of tetrazole rings is 1. The number of pyridine rings is 1. The van der Waals surface area contributed by atoms with Gasteiger partial charge in [0.05, 0.1) is 6.04 Å². The molecule has 1 unspecified atom stereocenters. The Balaban J connectivity index is 2.29. The van der Waals surface area contributed by atoms with Crippen molar-refractivity contribution in [3.63, 3.8) is 0 Å². The molecule has 2 aromatic rings. The molecule has 0 aliphatic carbocycles. The zero-order chi connectivity index (χ0) is 15.4. The second kappa shape index (κ2) is 6.03. The summed E-state index contributed by atoms with van der Waals surface area (Å²) in [4.78, 5) is 24.9. The Morgan fingerprint density at radius 2 is 2.29 bits per heavy atom. The molecule has 10 nitrogen and oxygen atoms in total. The fraction of sp³-hybridized carbons (Fsp3) is 0.364. The highest BCUT2D eigenvalue weighted by molar-refractivity contribution is 5.65. The zero-order valence-electron chi connectivity index (χ0n) is 11.3. The van der Waals surface area contributed by atoms with Crippen LogP contribution in [0.15, 0.2) is 18.2 Å². The van der Waals surface area contributed by atoms with E-state index in [-0.39, 0.29) is 30.0 Å². The van der Waals surface area contributed by atoms with Crippen LogP contribution in [0.1, 0.15) is 19.9 Å². The molecule has 0 spiro atoms. The predicted molar refractivity (Wildman–Crippen MR) is 69.0 cm³/mol. The average molecular weight is 292 g/mol. The molecule has 1 atom stereocenters. The number of nitro groups is 1. The van der Waals surface area contributed by atoms with Gasteiger partial charge < -0.3 is 14.9 Å². The molecule has 0 N–H and O–H groups in total. The van der Waals surface area contributed by atoms with Crippen molar-refractivity contribution < 1.29 is 14.5 Å². The highest BCUT2D eigenvalue weighted by atomic mass is 16.6. The summed E-state index contributed by atoms with van der Waals surface area (Å²) in [6, 6.07) is 4.00. The third-order valence-electron chi connectivity index (χ3n) is 2.59. The first-order valence-corrected chi connectivity index (χ1v) is 6.02. The van der Waals surface area contributed by atoms with Crippen molar-refractivity contribution in [2.45, 2.75) is 19.9 Å². The van der Waals surface area contributed by atoms with Gasteiger partial charge in [0.1, 0.15) is 6.61 Å². The first-order valence-electron chi connectivity index (χ1n) is 6.02. The molecule has 110 valence electrons. The highest BCUT2D eigenvalue weighted by Gasteiger charge is 2.21. The van der Waals surface area contributed by atoms with Crippen LogP contribution in [-0.2, 0) is 9.53 Å². The molecule has 2 rings (SSSR count). The van der Waals surface area contributed by atoms with Crippen LogP contribution in [0.2, 0.25) is 0 Å². The number of hydrogen-bond acceptors (Lipinski definition) is 8. The molecule has 2 aromatic heterocycles. The number of hydrogen-bond donors (Lipinski definition) is 0. The lowest BCUT2D eigenvalue weighted by Gasteiger charge is -2.11. The van der Waals surface area contributed by atoms with Crippen molar-refractivity contribution >= 4 is 11.8 Å². The lowest BCUT2D eigenvalue weighted by Crippen LogP contribution is -2.17. The van der Waals surface area contributed by atoms with E-state index >= 15 is 0 Å². The van der Waals surface area contributed by atoms with E-state index in [1.54, 1.807) is 13.0 Å². The summed E-state index contributed by atoms with van der Waals surface area (Å²) >= 11 is 0. The molecule has 21 heavy (non-hydrogen) atoms. The standard InChI is InChI=1S/C11H12N6O4/c1-7(6-21-8(2)18)16-11(13-14-15-16)9-4-3-5-10(12-9)17(19)20/h3-5,7H,6H2,1-2H3. The fourth-order valence-corrected chi connectivity index (χ4v) is 1.62. The molecule has 0 bridgehead atoms. The minimum absolute atomic E-state index is 0.0856. The third-order valence-corrected chi connectivity index (χ3v) is 2.59. The lowest BCUT2D eigenvalue weighted by atomic mass is 10.3. The van der Waals surface area contributed by atoms with Gasteiger partial charge in [0.2, 0.25) is 11.5 Å². The molecule has 0 aliphatic rings. The molecule has 0 radical (unpaired) electrons. The van der Waals surface area contributed by atoms with Gasteiger partial charge in [-0.25, -0.2) is 4.68 Å². The van der Waals surface area contributed by atoms with Crippen molar-refractivity contribution in [2.75, 3.05) is 6.61 Å². The lowest BCUT2D eigenvalue weighted by molar-refractivity contribution is -0.389. The largest absolute Gasteiger partial charge is 0.464 e. The van der Waals surface area contributed by atoms with Gasteiger partial charge >= 0.3 is 11.8 Å². The number of esters is 1. The van der Waals surface area contributed by atoms with E-state index in [0.717, 1.165) is 0 Å². The van der Waals surface area contributed by atoms with Gasteiger partial charge in [0.15, 0.2) is 0 Å². The Hall–Kier alpha value is -2.91. The van der Waals surface area contributed by atoms with Crippen LogP contribution in [0.3, 0.4) is 0 Å². The monoisotopic (exact) mass is 292 g/mol. The van der Waals surface area contributed by atoms with Gasteiger partial charge in [-0.15, -0.1) is 5.10 Å². The van der Waals surface area contributed by atoms with Crippen molar-refractivity contribution in [3.05, 3.63) is 28.3 Å². The second-order valence-corrected chi connectivity index (χ2v) is 4.24. The Kier molecular flexibility index (Phi) is 4.16. The van der Waals surface area contributed by atoms with Crippen LogP contribution >= 0.6 is 0 Å².